The predicted molar refractivity (Wildman–Crippen MR) is 84.7 cm³/mol. The standard InChI is InChI=1S/C16H20N2O2S/c1-3-15(19-9-5-16-17-6-10-20-16)4-2-14(1)13-18-7-11-21-12-8-18/h1-4,6,10H,5,7-9,11-13H2. The molecule has 21 heavy (non-hydrogen) atoms. The molecule has 2 heterocycles. The van der Waals surface area contributed by atoms with E-state index in [4.69, 9.17) is 9.15 Å². The van der Waals surface area contributed by atoms with Crippen LogP contribution in [0.15, 0.2) is 41.1 Å². The van der Waals surface area contributed by atoms with Gasteiger partial charge in [0.15, 0.2) is 5.89 Å². The smallest absolute Gasteiger partial charge is 0.197 e. The molecule has 0 aliphatic carbocycles. The fraction of sp³-hybridized carbons (Fsp3) is 0.438. The summed E-state index contributed by atoms with van der Waals surface area (Å²) in [5, 5.41) is 0. The van der Waals surface area contributed by atoms with Crippen LogP contribution in [0.5, 0.6) is 5.75 Å². The van der Waals surface area contributed by atoms with Crippen LogP contribution in [-0.4, -0.2) is 41.1 Å². The van der Waals surface area contributed by atoms with Gasteiger partial charge in [0.2, 0.25) is 0 Å². The molecule has 0 atom stereocenters. The Morgan fingerprint density at radius 2 is 2.00 bits per heavy atom. The molecule has 1 aliphatic rings. The van der Waals surface area contributed by atoms with Crippen molar-refractivity contribution in [2.45, 2.75) is 13.0 Å². The highest BCUT2D eigenvalue weighted by Gasteiger charge is 2.10. The minimum atomic E-state index is 0.587. The maximum absolute atomic E-state index is 5.71. The molecule has 1 aromatic carbocycles. The van der Waals surface area contributed by atoms with Gasteiger partial charge in [-0.25, -0.2) is 4.98 Å². The molecular weight excluding hydrogens is 284 g/mol. The second kappa shape index (κ2) is 7.52. The average molecular weight is 304 g/mol. The van der Waals surface area contributed by atoms with Crippen molar-refractivity contribution in [3.05, 3.63) is 48.2 Å². The number of ether oxygens (including phenoxy) is 1. The number of hydrogen-bond acceptors (Lipinski definition) is 5. The maximum Gasteiger partial charge on any atom is 0.197 e. The summed E-state index contributed by atoms with van der Waals surface area (Å²) < 4.78 is 10.9. The minimum Gasteiger partial charge on any atom is -0.493 e. The van der Waals surface area contributed by atoms with Crippen LogP contribution < -0.4 is 4.74 Å². The van der Waals surface area contributed by atoms with E-state index in [1.807, 2.05) is 23.9 Å². The van der Waals surface area contributed by atoms with Gasteiger partial charge >= 0.3 is 0 Å². The zero-order chi connectivity index (χ0) is 14.3. The molecule has 112 valence electrons. The first-order valence-electron chi connectivity index (χ1n) is 7.30. The Labute approximate surface area is 129 Å². The molecule has 0 amide bonds. The summed E-state index contributed by atoms with van der Waals surface area (Å²) >= 11 is 2.05. The van der Waals surface area contributed by atoms with Crippen LogP contribution in [-0.2, 0) is 13.0 Å². The van der Waals surface area contributed by atoms with Gasteiger partial charge in [0, 0.05) is 31.1 Å². The molecule has 0 spiro atoms. The second-order valence-corrected chi connectivity index (χ2v) is 6.28. The van der Waals surface area contributed by atoms with Crippen LogP contribution in [0.1, 0.15) is 11.5 Å². The number of aromatic nitrogens is 1. The van der Waals surface area contributed by atoms with Crippen LogP contribution >= 0.6 is 11.8 Å². The van der Waals surface area contributed by atoms with E-state index in [-0.39, 0.29) is 0 Å². The Bertz CT molecular complexity index is 522. The Balaban J connectivity index is 1.44. The number of rotatable bonds is 6. The summed E-state index contributed by atoms with van der Waals surface area (Å²) in [6, 6.07) is 8.40. The molecule has 4 nitrogen and oxygen atoms in total. The first kappa shape index (κ1) is 14.5. The lowest BCUT2D eigenvalue weighted by Gasteiger charge is -2.26. The van der Waals surface area contributed by atoms with Crippen molar-refractivity contribution in [2.24, 2.45) is 0 Å². The molecule has 1 aromatic heterocycles. The molecule has 0 bridgehead atoms. The van der Waals surface area contributed by atoms with Crippen LogP contribution in [0.2, 0.25) is 0 Å². The molecule has 1 fully saturated rings. The fourth-order valence-corrected chi connectivity index (χ4v) is 3.32. The second-order valence-electron chi connectivity index (χ2n) is 5.06. The van der Waals surface area contributed by atoms with Crippen LogP contribution in [0.3, 0.4) is 0 Å². The summed E-state index contributed by atoms with van der Waals surface area (Å²) in [5.41, 5.74) is 1.35. The maximum atomic E-state index is 5.71. The van der Waals surface area contributed by atoms with Crippen molar-refractivity contribution >= 4 is 11.8 Å². The van der Waals surface area contributed by atoms with E-state index in [9.17, 15) is 0 Å². The monoisotopic (exact) mass is 304 g/mol. The van der Waals surface area contributed by atoms with E-state index >= 15 is 0 Å². The molecule has 0 N–H and O–H groups in total. The lowest BCUT2D eigenvalue weighted by Crippen LogP contribution is -2.31. The van der Waals surface area contributed by atoms with Gasteiger partial charge in [-0.3, -0.25) is 4.90 Å². The lowest BCUT2D eigenvalue weighted by molar-refractivity contribution is 0.293. The molecule has 1 aliphatic heterocycles. The van der Waals surface area contributed by atoms with Gasteiger partial charge in [0.1, 0.15) is 12.0 Å². The van der Waals surface area contributed by atoms with Crippen molar-refractivity contribution in [3.63, 3.8) is 0 Å². The highest BCUT2D eigenvalue weighted by Crippen LogP contribution is 2.16. The van der Waals surface area contributed by atoms with E-state index in [0.717, 1.165) is 18.2 Å². The third-order valence-corrected chi connectivity index (χ3v) is 4.44. The van der Waals surface area contributed by atoms with E-state index in [1.165, 1.54) is 30.2 Å². The van der Waals surface area contributed by atoms with Gasteiger partial charge < -0.3 is 9.15 Å². The Hall–Kier alpha value is -1.46. The molecule has 0 unspecified atom stereocenters. The Morgan fingerprint density at radius 3 is 2.71 bits per heavy atom. The molecule has 0 radical (unpaired) electrons. The van der Waals surface area contributed by atoms with E-state index in [0.29, 0.717) is 13.0 Å². The third kappa shape index (κ3) is 4.51. The zero-order valence-corrected chi connectivity index (χ0v) is 12.8. The van der Waals surface area contributed by atoms with E-state index in [2.05, 4.69) is 22.0 Å². The third-order valence-electron chi connectivity index (χ3n) is 3.50. The first-order chi connectivity index (χ1) is 10.4. The summed E-state index contributed by atoms with van der Waals surface area (Å²) in [6.45, 7) is 4.01. The van der Waals surface area contributed by atoms with Gasteiger partial charge in [-0.1, -0.05) is 12.1 Å². The molecule has 5 heteroatoms. The summed E-state index contributed by atoms with van der Waals surface area (Å²) in [6.07, 6.45) is 3.94. The first-order valence-corrected chi connectivity index (χ1v) is 8.46. The number of thioether (sulfide) groups is 1. The quantitative estimate of drug-likeness (QED) is 0.820. The molecular formula is C16H20N2O2S. The van der Waals surface area contributed by atoms with Crippen molar-refractivity contribution in [2.75, 3.05) is 31.2 Å². The lowest BCUT2D eigenvalue weighted by atomic mass is 10.2. The van der Waals surface area contributed by atoms with Gasteiger partial charge in [-0.15, -0.1) is 0 Å². The van der Waals surface area contributed by atoms with Crippen molar-refractivity contribution < 1.29 is 9.15 Å². The topological polar surface area (TPSA) is 38.5 Å². The number of oxazole rings is 1. The molecule has 0 saturated carbocycles. The predicted octanol–water partition coefficient (Wildman–Crippen LogP) is 2.84. The fourth-order valence-electron chi connectivity index (χ4n) is 2.34. The van der Waals surface area contributed by atoms with Crippen molar-refractivity contribution in [1.82, 2.24) is 9.88 Å². The number of hydrogen-bond donors (Lipinski definition) is 0. The molecule has 2 aromatic rings. The van der Waals surface area contributed by atoms with Crippen LogP contribution in [0.4, 0.5) is 0 Å². The molecule has 3 rings (SSSR count). The zero-order valence-electron chi connectivity index (χ0n) is 12.0. The van der Waals surface area contributed by atoms with E-state index in [1.54, 1.807) is 12.5 Å². The highest BCUT2D eigenvalue weighted by atomic mass is 32.2. The summed E-state index contributed by atoms with van der Waals surface area (Å²) in [5.74, 6) is 4.12. The van der Waals surface area contributed by atoms with Crippen LogP contribution in [0, 0.1) is 0 Å². The number of benzene rings is 1. The van der Waals surface area contributed by atoms with Gasteiger partial charge in [0.25, 0.3) is 0 Å². The van der Waals surface area contributed by atoms with Crippen molar-refractivity contribution in [3.8, 4) is 5.75 Å². The molecule has 1 saturated heterocycles. The van der Waals surface area contributed by atoms with E-state index < -0.39 is 0 Å². The highest BCUT2D eigenvalue weighted by molar-refractivity contribution is 7.99. The van der Waals surface area contributed by atoms with Gasteiger partial charge in [-0.05, 0) is 17.7 Å². The summed E-state index contributed by atoms with van der Waals surface area (Å²) in [7, 11) is 0. The normalized spacial score (nSPS) is 16.0. The number of nitrogens with zero attached hydrogens (tertiary/aromatic N) is 2. The van der Waals surface area contributed by atoms with Crippen molar-refractivity contribution in [1.29, 1.82) is 0 Å². The largest absolute Gasteiger partial charge is 0.493 e. The van der Waals surface area contributed by atoms with Gasteiger partial charge in [-0.2, -0.15) is 11.8 Å². The average Bonchev–Trinajstić information content (AvgIpc) is 3.03. The Morgan fingerprint density at radius 1 is 1.19 bits per heavy atom. The Kier molecular flexibility index (Phi) is 5.18. The summed E-state index contributed by atoms with van der Waals surface area (Å²) in [4.78, 5) is 6.58. The van der Waals surface area contributed by atoms with Gasteiger partial charge in [0.05, 0.1) is 19.2 Å². The SMILES string of the molecule is c1coc(CCOc2ccc(CN3CCSCC3)cc2)n1. The van der Waals surface area contributed by atoms with Crippen LogP contribution in [0.25, 0.3) is 0 Å². The minimum absolute atomic E-state index is 0.587.